The van der Waals surface area contributed by atoms with E-state index in [1.54, 1.807) is 12.1 Å². The summed E-state index contributed by atoms with van der Waals surface area (Å²) in [5, 5.41) is 21.0. The fourth-order valence-corrected chi connectivity index (χ4v) is 3.29. The summed E-state index contributed by atoms with van der Waals surface area (Å²) < 4.78 is 39.7. The van der Waals surface area contributed by atoms with E-state index in [2.05, 4.69) is 26.5 Å². The predicted octanol–water partition coefficient (Wildman–Crippen LogP) is 3.68. The van der Waals surface area contributed by atoms with Gasteiger partial charge in [-0.15, -0.1) is 5.10 Å². The highest BCUT2D eigenvalue weighted by Crippen LogP contribution is 2.30. The zero-order valence-electron chi connectivity index (χ0n) is 15.3. The van der Waals surface area contributed by atoms with Crippen LogP contribution in [-0.2, 0) is 12.7 Å². The molecule has 0 bridgehead atoms. The summed E-state index contributed by atoms with van der Waals surface area (Å²) in [5.74, 6) is 0.799. The molecule has 0 atom stereocenters. The summed E-state index contributed by atoms with van der Waals surface area (Å²) in [6.07, 6.45) is -1.41. The summed E-state index contributed by atoms with van der Waals surface area (Å²) in [6.45, 7) is 1.98. The highest BCUT2D eigenvalue weighted by atomic mass is 19.4. The average molecular weight is 401 g/mol. The molecule has 1 aliphatic rings. The third kappa shape index (κ3) is 4.29. The molecule has 1 N–H and O–H groups in total. The standard InChI is InChI=1S/C20H18F3N5O/c21-20(22,23)16-3-5-17(6-4-16)28-19(24-25-26-28)13-27-11-9-15(10-12-27)14-1-7-18(29)8-2-14/h1-9,29H,10-13H2. The molecule has 1 aliphatic heterocycles. The van der Waals surface area contributed by atoms with Crippen molar-refractivity contribution in [3.05, 3.63) is 71.6 Å². The van der Waals surface area contributed by atoms with Gasteiger partial charge in [0.25, 0.3) is 0 Å². The van der Waals surface area contributed by atoms with E-state index < -0.39 is 11.7 Å². The molecule has 4 rings (SSSR count). The minimum atomic E-state index is -4.38. The monoisotopic (exact) mass is 401 g/mol. The first kappa shape index (κ1) is 19.1. The van der Waals surface area contributed by atoms with Crippen molar-refractivity contribution in [3.8, 4) is 11.4 Å². The Balaban J connectivity index is 1.45. The molecule has 29 heavy (non-hydrogen) atoms. The van der Waals surface area contributed by atoms with E-state index in [0.29, 0.717) is 24.6 Å². The minimum absolute atomic E-state index is 0.238. The molecule has 0 fully saturated rings. The van der Waals surface area contributed by atoms with E-state index in [4.69, 9.17) is 0 Å². The number of aromatic hydroxyl groups is 1. The zero-order valence-corrected chi connectivity index (χ0v) is 15.3. The van der Waals surface area contributed by atoms with Gasteiger partial charge in [0.2, 0.25) is 0 Å². The van der Waals surface area contributed by atoms with Gasteiger partial charge in [-0.25, -0.2) is 0 Å². The lowest BCUT2D eigenvalue weighted by atomic mass is 9.99. The lowest BCUT2D eigenvalue weighted by molar-refractivity contribution is -0.137. The van der Waals surface area contributed by atoms with Crippen LogP contribution in [0.1, 0.15) is 23.4 Å². The Kier molecular flexibility index (Phi) is 5.06. The van der Waals surface area contributed by atoms with Gasteiger partial charge in [0, 0.05) is 13.1 Å². The quantitative estimate of drug-likeness (QED) is 0.723. The molecule has 0 saturated carbocycles. The van der Waals surface area contributed by atoms with Crippen LogP contribution < -0.4 is 0 Å². The van der Waals surface area contributed by atoms with Gasteiger partial charge in [0.1, 0.15) is 5.75 Å². The Morgan fingerprint density at radius 2 is 1.72 bits per heavy atom. The maximum atomic E-state index is 12.8. The minimum Gasteiger partial charge on any atom is -0.508 e. The number of hydrogen-bond acceptors (Lipinski definition) is 5. The molecule has 2 heterocycles. The molecule has 0 spiro atoms. The van der Waals surface area contributed by atoms with E-state index in [0.717, 1.165) is 30.7 Å². The summed E-state index contributed by atoms with van der Waals surface area (Å²) in [5.41, 5.74) is 2.06. The summed E-state index contributed by atoms with van der Waals surface area (Å²) in [4.78, 5) is 2.16. The van der Waals surface area contributed by atoms with Crippen LogP contribution in [0.5, 0.6) is 5.75 Å². The average Bonchev–Trinajstić information content (AvgIpc) is 3.17. The van der Waals surface area contributed by atoms with E-state index in [1.807, 2.05) is 12.1 Å². The van der Waals surface area contributed by atoms with Crippen LogP contribution in [0.15, 0.2) is 54.6 Å². The molecule has 0 saturated heterocycles. The highest BCUT2D eigenvalue weighted by Gasteiger charge is 2.30. The second-order valence-corrected chi connectivity index (χ2v) is 6.81. The number of hydrogen-bond donors (Lipinski definition) is 1. The van der Waals surface area contributed by atoms with Crippen LogP contribution in [0.3, 0.4) is 0 Å². The SMILES string of the molecule is Oc1ccc(C2=CCN(Cc3nnnn3-c3ccc(C(F)(F)F)cc3)CC2)cc1. The number of aromatic nitrogens is 4. The van der Waals surface area contributed by atoms with Crippen LogP contribution in [0, 0.1) is 0 Å². The van der Waals surface area contributed by atoms with Gasteiger partial charge < -0.3 is 5.11 Å². The van der Waals surface area contributed by atoms with Crippen molar-refractivity contribution in [3.63, 3.8) is 0 Å². The molecule has 0 radical (unpaired) electrons. The van der Waals surface area contributed by atoms with Crippen LogP contribution in [-0.4, -0.2) is 43.3 Å². The number of phenolic OH excluding ortho intramolecular Hbond substituents is 1. The van der Waals surface area contributed by atoms with E-state index >= 15 is 0 Å². The molecule has 0 unspecified atom stereocenters. The smallest absolute Gasteiger partial charge is 0.416 e. The lowest BCUT2D eigenvalue weighted by Gasteiger charge is -2.25. The molecular formula is C20H18F3N5O. The van der Waals surface area contributed by atoms with E-state index in [-0.39, 0.29) is 5.75 Å². The first-order chi connectivity index (χ1) is 13.9. The Labute approximate surface area is 164 Å². The topological polar surface area (TPSA) is 67.1 Å². The van der Waals surface area contributed by atoms with Crippen molar-refractivity contribution in [1.82, 2.24) is 25.1 Å². The predicted molar refractivity (Wildman–Crippen MR) is 100 cm³/mol. The first-order valence-electron chi connectivity index (χ1n) is 9.06. The zero-order chi connectivity index (χ0) is 20.4. The third-order valence-electron chi connectivity index (χ3n) is 4.87. The largest absolute Gasteiger partial charge is 0.508 e. The number of halogens is 3. The maximum absolute atomic E-state index is 12.8. The summed E-state index contributed by atoms with van der Waals surface area (Å²) in [6, 6.07) is 11.9. The van der Waals surface area contributed by atoms with Crippen molar-refractivity contribution < 1.29 is 18.3 Å². The van der Waals surface area contributed by atoms with E-state index in [9.17, 15) is 18.3 Å². The van der Waals surface area contributed by atoms with Crippen molar-refractivity contribution in [1.29, 1.82) is 0 Å². The molecule has 6 nitrogen and oxygen atoms in total. The molecule has 9 heteroatoms. The molecule has 0 amide bonds. The van der Waals surface area contributed by atoms with Gasteiger partial charge >= 0.3 is 6.18 Å². The van der Waals surface area contributed by atoms with Crippen LogP contribution >= 0.6 is 0 Å². The van der Waals surface area contributed by atoms with Gasteiger partial charge in [-0.3, -0.25) is 4.90 Å². The molecule has 3 aromatic rings. The Morgan fingerprint density at radius 1 is 1.00 bits per heavy atom. The molecular weight excluding hydrogens is 383 g/mol. The third-order valence-corrected chi connectivity index (χ3v) is 4.87. The maximum Gasteiger partial charge on any atom is 0.416 e. The van der Waals surface area contributed by atoms with Gasteiger partial charge in [-0.2, -0.15) is 17.9 Å². The number of benzene rings is 2. The molecule has 2 aromatic carbocycles. The molecule has 150 valence electrons. The van der Waals surface area contributed by atoms with Gasteiger partial charge in [0.15, 0.2) is 5.82 Å². The molecule has 0 aliphatic carbocycles. The number of nitrogens with zero attached hydrogens (tertiary/aromatic N) is 5. The second-order valence-electron chi connectivity index (χ2n) is 6.81. The summed E-state index contributed by atoms with van der Waals surface area (Å²) >= 11 is 0. The second kappa shape index (κ2) is 7.67. The van der Waals surface area contributed by atoms with Crippen molar-refractivity contribution in [2.75, 3.05) is 13.1 Å². The fraction of sp³-hybridized carbons (Fsp3) is 0.250. The van der Waals surface area contributed by atoms with Crippen LogP contribution in [0.4, 0.5) is 13.2 Å². The fourth-order valence-electron chi connectivity index (χ4n) is 3.29. The van der Waals surface area contributed by atoms with Gasteiger partial charge in [-0.05, 0) is 64.4 Å². The highest BCUT2D eigenvalue weighted by molar-refractivity contribution is 5.67. The Bertz CT molecular complexity index is 1010. The number of rotatable bonds is 4. The molecule has 1 aromatic heterocycles. The van der Waals surface area contributed by atoms with Crippen molar-refractivity contribution >= 4 is 5.57 Å². The van der Waals surface area contributed by atoms with E-state index in [1.165, 1.54) is 22.4 Å². The Morgan fingerprint density at radius 3 is 2.34 bits per heavy atom. The normalized spacial score (nSPS) is 15.3. The Hall–Kier alpha value is -3.20. The van der Waals surface area contributed by atoms with Crippen LogP contribution in [0.25, 0.3) is 11.3 Å². The van der Waals surface area contributed by atoms with Gasteiger partial charge in [-0.1, -0.05) is 18.2 Å². The number of alkyl halides is 3. The first-order valence-corrected chi connectivity index (χ1v) is 9.06. The lowest BCUT2D eigenvalue weighted by Crippen LogP contribution is -2.29. The van der Waals surface area contributed by atoms with Gasteiger partial charge in [0.05, 0.1) is 17.8 Å². The number of phenols is 1. The number of tetrazole rings is 1. The summed E-state index contributed by atoms with van der Waals surface area (Å²) in [7, 11) is 0. The van der Waals surface area contributed by atoms with Crippen LogP contribution in [0.2, 0.25) is 0 Å². The van der Waals surface area contributed by atoms with Crippen molar-refractivity contribution in [2.24, 2.45) is 0 Å². The van der Waals surface area contributed by atoms with Crippen molar-refractivity contribution in [2.45, 2.75) is 19.1 Å².